The monoisotopic (exact) mass is 140 g/mol. The van der Waals surface area contributed by atoms with E-state index < -0.39 is 0 Å². The summed E-state index contributed by atoms with van der Waals surface area (Å²) in [6.45, 7) is 4.84. The molecule has 2 N–H and O–H groups in total. The van der Waals surface area contributed by atoms with E-state index in [1.807, 2.05) is 12.9 Å². The van der Waals surface area contributed by atoms with Crippen molar-refractivity contribution >= 4 is 5.94 Å². The Morgan fingerprint density at radius 2 is 2.30 bits per heavy atom. The van der Waals surface area contributed by atoms with Crippen LogP contribution in [0.1, 0.15) is 13.8 Å². The maximum atomic E-state index is 10.2. The molecule has 0 aliphatic carbocycles. The molecule has 0 spiro atoms. The van der Waals surface area contributed by atoms with Crippen molar-refractivity contribution in [3.63, 3.8) is 0 Å². The molecule has 0 saturated carbocycles. The number of piperazine rings is 1. The molecular weight excluding hydrogens is 128 g/mol. The topological polar surface area (TPSA) is 41.1 Å². The molecule has 1 saturated heterocycles. The number of carbonyl (C=O) groups excluding carboxylic acids is 1. The lowest BCUT2D eigenvalue weighted by Crippen LogP contribution is -2.50. The lowest BCUT2D eigenvalue weighted by Gasteiger charge is -2.27. The van der Waals surface area contributed by atoms with Crippen molar-refractivity contribution in [1.82, 2.24) is 10.6 Å². The zero-order valence-electron chi connectivity index (χ0n) is 6.27. The molecule has 0 aromatic rings. The summed E-state index contributed by atoms with van der Waals surface area (Å²) in [5, 5.41) is 6.22. The van der Waals surface area contributed by atoms with Crippen molar-refractivity contribution in [2.24, 2.45) is 0 Å². The second kappa shape index (κ2) is 2.86. The Bertz CT molecular complexity index is 172. The summed E-state index contributed by atoms with van der Waals surface area (Å²) in [5.41, 5.74) is 0.637. The predicted molar refractivity (Wildman–Crippen MR) is 39.3 cm³/mol. The van der Waals surface area contributed by atoms with E-state index >= 15 is 0 Å². The maximum Gasteiger partial charge on any atom is 0.147 e. The van der Waals surface area contributed by atoms with Crippen LogP contribution in [0, 0.1) is 0 Å². The molecule has 0 aromatic carbocycles. The van der Waals surface area contributed by atoms with Gasteiger partial charge in [0, 0.05) is 12.6 Å². The standard InChI is InChI=1S/C7H12N2O/c1-5-3-8-7(4-10)6(2)9-5/h5-6,8-9H,3H2,1-2H3. The van der Waals surface area contributed by atoms with Gasteiger partial charge in [0.1, 0.15) is 11.6 Å². The van der Waals surface area contributed by atoms with Gasteiger partial charge in [-0.25, -0.2) is 4.79 Å². The number of nitrogens with one attached hydrogen (secondary N) is 2. The van der Waals surface area contributed by atoms with Gasteiger partial charge in [0.2, 0.25) is 0 Å². The quantitative estimate of drug-likeness (QED) is 0.453. The van der Waals surface area contributed by atoms with E-state index in [2.05, 4.69) is 17.6 Å². The van der Waals surface area contributed by atoms with Crippen LogP contribution >= 0.6 is 0 Å². The Balaban J connectivity index is 2.60. The molecule has 0 amide bonds. The highest BCUT2D eigenvalue weighted by Gasteiger charge is 2.17. The van der Waals surface area contributed by atoms with Crippen molar-refractivity contribution in [3.8, 4) is 0 Å². The molecule has 3 heteroatoms. The fourth-order valence-electron chi connectivity index (χ4n) is 1.11. The summed E-state index contributed by atoms with van der Waals surface area (Å²) in [6.07, 6.45) is 0. The van der Waals surface area contributed by atoms with Crippen molar-refractivity contribution in [3.05, 3.63) is 5.70 Å². The molecule has 0 aromatic heterocycles. The Morgan fingerprint density at radius 3 is 2.80 bits per heavy atom. The van der Waals surface area contributed by atoms with Crippen LogP contribution in [0.2, 0.25) is 0 Å². The van der Waals surface area contributed by atoms with Crippen molar-refractivity contribution in [1.29, 1.82) is 0 Å². The predicted octanol–water partition coefficient (Wildman–Crippen LogP) is -0.328. The molecule has 0 bridgehead atoms. The van der Waals surface area contributed by atoms with Gasteiger partial charge in [-0.05, 0) is 13.8 Å². The maximum absolute atomic E-state index is 10.2. The first-order valence-corrected chi connectivity index (χ1v) is 3.49. The van der Waals surface area contributed by atoms with Gasteiger partial charge in [0.15, 0.2) is 0 Å². The zero-order valence-corrected chi connectivity index (χ0v) is 6.27. The summed E-state index contributed by atoms with van der Waals surface area (Å²) < 4.78 is 0. The fraction of sp³-hybridized carbons (Fsp3) is 0.714. The highest BCUT2D eigenvalue weighted by atomic mass is 16.1. The van der Waals surface area contributed by atoms with Crippen LogP contribution in [0.15, 0.2) is 5.70 Å². The molecular formula is C7H12N2O. The van der Waals surface area contributed by atoms with Gasteiger partial charge in [-0.2, -0.15) is 0 Å². The van der Waals surface area contributed by atoms with Gasteiger partial charge in [-0.1, -0.05) is 0 Å². The molecule has 1 heterocycles. The molecule has 3 nitrogen and oxygen atoms in total. The third-order valence-corrected chi connectivity index (χ3v) is 1.68. The molecule has 10 heavy (non-hydrogen) atoms. The fourth-order valence-corrected chi connectivity index (χ4v) is 1.11. The van der Waals surface area contributed by atoms with Crippen molar-refractivity contribution < 1.29 is 4.79 Å². The van der Waals surface area contributed by atoms with Gasteiger partial charge in [-0.3, -0.25) is 0 Å². The van der Waals surface area contributed by atoms with Crippen molar-refractivity contribution in [2.45, 2.75) is 25.9 Å². The van der Waals surface area contributed by atoms with Gasteiger partial charge in [0.25, 0.3) is 0 Å². The number of hydrogen-bond acceptors (Lipinski definition) is 3. The smallest absolute Gasteiger partial charge is 0.147 e. The summed E-state index contributed by atoms with van der Waals surface area (Å²) >= 11 is 0. The lowest BCUT2D eigenvalue weighted by atomic mass is 10.1. The van der Waals surface area contributed by atoms with Crippen LogP contribution in [0.3, 0.4) is 0 Å². The summed E-state index contributed by atoms with van der Waals surface area (Å²) in [4.78, 5) is 10.2. The minimum Gasteiger partial charge on any atom is -0.377 e. The average Bonchev–Trinajstić information content (AvgIpc) is 1.88. The van der Waals surface area contributed by atoms with Crippen LogP contribution in [-0.4, -0.2) is 24.6 Å². The van der Waals surface area contributed by atoms with E-state index in [4.69, 9.17) is 0 Å². The van der Waals surface area contributed by atoms with Gasteiger partial charge in [-0.15, -0.1) is 0 Å². The molecule has 2 unspecified atom stereocenters. The van der Waals surface area contributed by atoms with E-state index in [9.17, 15) is 4.79 Å². The summed E-state index contributed by atoms with van der Waals surface area (Å²) in [5.74, 6) is 1.87. The first-order chi connectivity index (χ1) is 4.74. The molecule has 56 valence electrons. The zero-order chi connectivity index (χ0) is 7.56. The minimum absolute atomic E-state index is 0.126. The van der Waals surface area contributed by atoms with Gasteiger partial charge >= 0.3 is 0 Å². The first-order valence-electron chi connectivity index (χ1n) is 3.49. The molecule has 2 atom stereocenters. The number of hydrogen-bond donors (Lipinski definition) is 2. The Kier molecular flexibility index (Phi) is 2.10. The van der Waals surface area contributed by atoms with E-state index in [0.29, 0.717) is 11.7 Å². The molecule has 0 radical (unpaired) electrons. The third-order valence-electron chi connectivity index (χ3n) is 1.68. The average molecular weight is 140 g/mol. The Hall–Kier alpha value is -0.790. The van der Waals surface area contributed by atoms with Crippen LogP contribution in [0.25, 0.3) is 0 Å². The summed E-state index contributed by atoms with van der Waals surface area (Å²) in [6, 6.07) is 0.563. The molecule has 1 rings (SSSR count). The molecule has 1 aliphatic rings. The third kappa shape index (κ3) is 1.38. The van der Waals surface area contributed by atoms with E-state index in [-0.39, 0.29) is 6.04 Å². The number of rotatable bonds is 0. The second-order valence-electron chi connectivity index (χ2n) is 2.69. The molecule has 1 aliphatic heterocycles. The highest BCUT2D eigenvalue weighted by Crippen LogP contribution is 2.00. The van der Waals surface area contributed by atoms with Crippen LogP contribution in [0.5, 0.6) is 0 Å². The van der Waals surface area contributed by atoms with Crippen molar-refractivity contribution in [2.75, 3.05) is 6.54 Å². The molecule has 1 fully saturated rings. The van der Waals surface area contributed by atoms with Gasteiger partial charge in [0.05, 0.1) is 6.04 Å². The SMILES string of the molecule is CC1CNC(=C=O)C(C)N1. The largest absolute Gasteiger partial charge is 0.377 e. The van der Waals surface area contributed by atoms with Crippen LogP contribution in [0.4, 0.5) is 0 Å². The van der Waals surface area contributed by atoms with Gasteiger partial charge < -0.3 is 10.6 Å². The van der Waals surface area contributed by atoms with E-state index in [1.165, 1.54) is 0 Å². The Labute approximate surface area is 60.5 Å². The summed E-state index contributed by atoms with van der Waals surface area (Å²) in [7, 11) is 0. The normalized spacial score (nSPS) is 32.8. The first kappa shape index (κ1) is 7.32. The lowest BCUT2D eigenvalue weighted by molar-refractivity contribution is 0.420. The Morgan fingerprint density at radius 1 is 1.60 bits per heavy atom. The van der Waals surface area contributed by atoms with Crippen LogP contribution < -0.4 is 10.6 Å². The van der Waals surface area contributed by atoms with E-state index in [1.54, 1.807) is 0 Å². The van der Waals surface area contributed by atoms with Crippen LogP contribution in [-0.2, 0) is 4.79 Å². The minimum atomic E-state index is 0.126. The highest BCUT2D eigenvalue weighted by molar-refractivity contribution is 5.53. The second-order valence-corrected chi connectivity index (χ2v) is 2.69. The van der Waals surface area contributed by atoms with E-state index in [0.717, 1.165) is 6.54 Å².